The van der Waals surface area contributed by atoms with E-state index in [9.17, 15) is 4.79 Å². The summed E-state index contributed by atoms with van der Waals surface area (Å²) in [5, 5.41) is 2.75. The quantitative estimate of drug-likeness (QED) is 0.893. The summed E-state index contributed by atoms with van der Waals surface area (Å²) in [5.41, 5.74) is 0.793. The van der Waals surface area contributed by atoms with Crippen molar-refractivity contribution >= 4 is 27.6 Å². The lowest BCUT2D eigenvalue weighted by molar-refractivity contribution is 0.252. The molecule has 0 aliphatic carbocycles. The molecule has 1 aliphatic rings. The second-order valence-corrected chi connectivity index (χ2v) is 4.12. The van der Waals surface area contributed by atoms with Crippen molar-refractivity contribution in [3.05, 3.63) is 22.7 Å². The van der Waals surface area contributed by atoms with Crippen molar-refractivity contribution in [3.8, 4) is 5.75 Å². The first kappa shape index (κ1) is 10.3. The number of anilines is 1. The molecule has 1 aromatic rings. The Kier molecular flexibility index (Phi) is 2.81. The van der Waals surface area contributed by atoms with Crippen molar-refractivity contribution in [2.75, 3.05) is 25.1 Å². The zero-order chi connectivity index (χ0) is 10.8. The van der Waals surface area contributed by atoms with Gasteiger partial charge in [-0.15, -0.1) is 0 Å². The van der Waals surface area contributed by atoms with E-state index in [4.69, 9.17) is 4.74 Å². The molecule has 1 aromatic carbocycles. The molecule has 4 nitrogen and oxygen atoms in total. The highest BCUT2D eigenvalue weighted by atomic mass is 79.9. The fourth-order valence-electron chi connectivity index (χ4n) is 1.58. The summed E-state index contributed by atoms with van der Waals surface area (Å²) >= 11 is 3.38. The molecule has 15 heavy (non-hydrogen) atoms. The molecule has 1 heterocycles. The molecule has 2 rings (SSSR count). The van der Waals surface area contributed by atoms with E-state index in [1.54, 1.807) is 12.0 Å². The number of methoxy groups -OCH3 is 1. The number of carbonyl (C=O) groups is 1. The van der Waals surface area contributed by atoms with Gasteiger partial charge in [0.25, 0.3) is 0 Å². The Morgan fingerprint density at radius 3 is 2.93 bits per heavy atom. The van der Waals surface area contributed by atoms with Gasteiger partial charge in [-0.1, -0.05) is 15.9 Å². The Hall–Kier alpha value is -1.23. The fourth-order valence-corrected chi connectivity index (χ4v) is 1.92. The minimum Gasteiger partial charge on any atom is -0.495 e. The van der Waals surface area contributed by atoms with Crippen LogP contribution in [-0.2, 0) is 0 Å². The lowest BCUT2D eigenvalue weighted by Gasteiger charge is -2.17. The maximum atomic E-state index is 11.5. The monoisotopic (exact) mass is 270 g/mol. The van der Waals surface area contributed by atoms with Crippen LogP contribution in [0.5, 0.6) is 5.75 Å². The molecule has 2 amide bonds. The molecule has 80 valence electrons. The van der Waals surface area contributed by atoms with Crippen LogP contribution >= 0.6 is 15.9 Å². The van der Waals surface area contributed by atoms with Gasteiger partial charge in [0.05, 0.1) is 12.8 Å². The highest BCUT2D eigenvalue weighted by Crippen LogP contribution is 2.32. The van der Waals surface area contributed by atoms with Crippen molar-refractivity contribution in [2.45, 2.75) is 0 Å². The van der Waals surface area contributed by atoms with E-state index in [0.717, 1.165) is 10.2 Å². The Morgan fingerprint density at radius 1 is 1.53 bits per heavy atom. The maximum Gasteiger partial charge on any atom is 0.322 e. The predicted octanol–water partition coefficient (Wildman–Crippen LogP) is 1.99. The van der Waals surface area contributed by atoms with Crippen LogP contribution in [0.4, 0.5) is 10.5 Å². The van der Waals surface area contributed by atoms with Crippen LogP contribution in [0.2, 0.25) is 0 Å². The molecule has 0 spiro atoms. The van der Waals surface area contributed by atoms with Crippen molar-refractivity contribution in [1.82, 2.24) is 5.32 Å². The van der Waals surface area contributed by atoms with Gasteiger partial charge in [-0.3, -0.25) is 4.90 Å². The molecular formula is C10H11BrN2O2. The molecule has 5 heteroatoms. The largest absolute Gasteiger partial charge is 0.495 e. The van der Waals surface area contributed by atoms with E-state index in [2.05, 4.69) is 21.2 Å². The Labute approximate surface area is 96.3 Å². The van der Waals surface area contributed by atoms with Crippen LogP contribution in [0.25, 0.3) is 0 Å². The van der Waals surface area contributed by atoms with E-state index in [0.29, 0.717) is 18.8 Å². The standard InChI is InChI=1S/C10H11BrN2O2/c1-15-9-3-2-7(11)6-8(9)13-5-4-12-10(13)14/h2-3,6H,4-5H2,1H3,(H,12,14). The highest BCUT2D eigenvalue weighted by molar-refractivity contribution is 9.10. The third-order valence-electron chi connectivity index (χ3n) is 2.29. The first-order valence-electron chi connectivity index (χ1n) is 4.61. The van der Waals surface area contributed by atoms with Crippen LogP contribution < -0.4 is 15.0 Å². The molecule has 0 aromatic heterocycles. The van der Waals surface area contributed by atoms with Gasteiger partial charge < -0.3 is 10.1 Å². The highest BCUT2D eigenvalue weighted by Gasteiger charge is 2.23. The second kappa shape index (κ2) is 4.10. The summed E-state index contributed by atoms with van der Waals surface area (Å²) in [6, 6.07) is 5.52. The van der Waals surface area contributed by atoms with Gasteiger partial charge in [0, 0.05) is 17.6 Å². The van der Waals surface area contributed by atoms with Gasteiger partial charge in [-0.25, -0.2) is 4.79 Å². The Morgan fingerprint density at radius 2 is 2.33 bits per heavy atom. The first-order chi connectivity index (χ1) is 7.22. The zero-order valence-electron chi connectivity index (χ0n) is 8.29. The predicted molar refractivity (Wildman–Crippen MR) is 61.4 cm³/mol. The van der Waals surface area contributed by atoms with Crippen molar-refractivity contribution in [1.29, 1.82) is 0 Å². The molecule has 0 radical (unpaired) electrons. The summed E-state index contributed by atoms with van der Waals surface area (Å²) in [5.74, 6) is 0.704. The molecule has 1 saturated heterocycles. The van der Waals surface area contributed by atoms with E-state index >= 15 is 0 Å². The number of nitrogens with zero attached hydrogens (tertiary/aromatic N) is 1. The number of benzene rings is 1. The SMILES string of the molecule is COc1ccc(Br)cc1N1CCNC1=O. The molecule has 1 N–H and O–H groups in total. The molecule has 0 unspecified atom stereocenters. The smallest absolute Gasteiger partial charge is 0.322 e. The van der Waals surface area contributed by atoms with Crippen molar-refractivity contribution in [2.24, 2.45) is 0 Å². The van der Waals surface area contributed by atoms with Gasteiger partial charge >= 0.3 is 6.03 Å². The Balaban J connectivity index is 2.40. The fraction of sp³-hybridized carbons (Fsp3) is 0.300. The maximum absolute atomic E-state index is 11.5. The van der Waals surface area contributed by atoms with Crippen LogP contribution in [0, 0.1) is 0 Å². The Bertz CT molecular complexity index is 395. The lowest BCUT2D eigenvalue weighted by Crippen LogP contribution is -2.28. The van der Waals surface area contributed by atoms with E-state index in [-0.39, 0.29) is 6.03 Å². The third-order valence-corrected chi connectivity index (χ3v) is 2.78. The number of ether oxygens (including phenoxy) is 1. The molecule has 1 aliphatic heterocycles. The number of urea groups is 1. The summed E-state index contributed by atoms with van der Waals surface area (Å²) in [6.07, 6.45) is 0. The van der Waals surface area contributed by atoms with Crippen LogP contribution in [0.1, 0.15) is 0 Å². The van der Waals surface area contributed by atoms with Gasteiger partial charge in [0.2, 0.25) is 0 Å². The van der Waals surface area contributed by atoms with E-state index in [1.807, 2.05) is 18.2 Å². The third kappa shape index (κ3) is 1.92. The number of amides is 2. The minimum atomic E-state index is -0.0774. The molecule has 0 bridgehead atoms. The topological polar surface area (TPSA) is 41.6 Å². The number of carbonyl (C=O) groups excluding carboxylic acids is 1. The summed E-state index contributed by atoms with van der Waals surface area (Å²) < 4.78 is 6.15. The summed E-state index contributed by atoms with van der Waals surface area (Å²) in [4.78, 5) is 13.2. The van der Waals surface area contributed by atoms with Gasteiger partial charge in [-0.2, -0.15) is 0 Å². The van der Waals surface area contributed by atoms with Crippen LogP contribution in [0.3, 0.4) is 0 Å². The van der Waals surface area contributed by atoms with Crippen molar-refractivity contribution < 1.29 is 9.53 Å². The molecule has 0 saturated carbocycles. The van der Waals surface area contributed by atoms with Crippen molar-refractivity contribution in [3.63, 3.8) is 0 Å². The number of hydrogen-bond acceptors (Lipinski definition) is 2. The molecule has 1 fully saturated rings. The van der Waals surface area contributed by atoms with Crippen LogP contribution in [-0.4, -0.2) is 26.2 Å². The second-order valence-electron chi connectivity index (χ2n) is 3.20. The normalized spacial score (nSPS) is 15.3. The summed E-state index contributed by atoms with van der Waals surface area (Å²) in [7, 11) is 1.60. The van der Waals surface area contributed by atoms with Gasteiger partial charge in [0.15, 0.2) is 0 Å². The number of rotatable bonds is 2. The van der Waals surface area contributed by atoms with E-state index < -0.39 is 0 Å². The summed E-state index contributed by atoms with van der Waals surface area (Å²) in [6.45, 7) is 1.35. The lowest BCUT2D eigenvalue weighted by atomic mass is 10.2. The number of nitrogens with one attached hydrogen (secondary N) is 1. The zero-order valence-corrected chi connectivity index (χ0v) is 9.87. The number of halogens is 1. The average molecular weight is 271 g/mol. The minimum absolute atomic E-state index is 0.0774. The van der Waals surface area contributed by atoms with Gasteiger partial charge in [-0.05, 0) is 18.2 Å². The molecular weight excluding hydrogens is 260 g/mol. The van der Waals surface area contributed by atoms with E-state index in [1.165, 1.54) is 0 Å². The number of hydrogen-bond donors (Lipinski definition) is 1. The molecule has 0 atom stereocenters. The average Bonchev–Trinajstić information content (AvgIpc) is 2.64. The van der Waals surface area contributed by atoms with Crippen LogP contribution in [0.15, 0.2) is 22.7 Å². The first-order valence-corrected chi connectivity index (χ1v) is 5.40. The van der Waals surface area contributed by atoms with Gasteiger partial charge in [0.1, 0.15) is 5.75 Å².